The Kier molecular flexibility index (Phi) is 8.04. The molecule has 20 heteroatoms. The molecule has 39 heavy (non-hydrogen) atoms. The van der Waals surface area contributed by atoms with Crippen LogP contribution in [0.5, 0.6) is 11.5 Å². The van der Waals surface area contributed by atoms with E-state index in [9.17, 15) is 4.79 Å². The second-order valence-electron chi connectivity index (χ2n) is 10.6. The first-order valence-corrected chi connectivity index (χ1v) is 11.5. The van der Waals surface area contributed by atoms with Gasteiger partial charge in [0.1, 0.15) is 21.5 Å². The fourth-order valence-electron chi connectivity index (χ4n) is 6.01. The van der Waals surface area contributed by atoms with Crippen LogP contribution in [0.4, 0.5) is 0 Å². The predicted octanol–water partition coefficient (Wildman–Crippen LogP) is -5.52. The highest BCUT2D eigenvalue weighted by Gasteiger charge is 2.70. The van der Waals surface area contributed by atoms with E-state index in [-0.39, 0.29) is 41.0 Å². The number of piperidine rings is 1. The van der Waals surface area contributed by atoms with Crippen molar-refractivity contribution in [1.29, 1.82) is 0 Å². The van der Waals surface area contributed by atoms with E-state index in [0.717, 1.165) is 0 Å². The molecular weight excluding hydrogens is 463 g/mol. The zero-order chi connectivity index (χ0) is 30.5. The van der Waals surface area contributed by atoms with Gasteiger partial charge in [0.05, 0.1) is 124 Å². The van der Waals surface area contributed by atoms with Gasteiger partial charge in [0, 0.05) is 12.6 Å². The minimum atomic E-state index is -2.99. The first-order chi connectivity index (χ1) is 17.4. The Hall–Kier alpha value is -0.511. The summed E-state index contributed by atoms with van der Waals surface area (Å²) in [4.78, 5) is 15.6. The molecule has 0 aromatic heterocycles. The first-order valence-electron chi connectivity index (χ1n) is 11.5. The molecule has 1 saturated heterocycles. The molecule has 2 atom stereocenters. The fraction of sp³-hybridized carbons (Fsp3) is 0.632. The van der Waals surface area contributed by atoms with Crippen LogP contribution in [-0.4, -0.2) is 162 Å². The van der Waals surface area contributed by atoms with E-state index in [4.69, 9.17) is 135 Å². The quantitative estimate of drug-likeness (QED) is 0.386. The Balaban J connectivity index is 2.41. The van der Waals surface area contributed by atoms with E-state index < -0.39 is 48.4 Å². The molecule has 0 aliphatic carbocycles. The van der Waals surface area contributed by atoms with Gasteiger partial charge in [0.2, 0.25) is 0 Å². The van der Waals surface area contributed by atoms with E-state index >= 15 is 0 Å². The van der Waals surface area contributed by atoms with E-state index in [0.29, 0.717) is 5.56 Å². The van der Waals surface area contributed by atoms with Crippen LogP contribution in [0.2, 0.25) is 31.3 Å². The molecule has 2 aliphatic heterocycles. The van der Waals surface area contributed by atoms with Crippen LogP contribution < -0.4 is 20.4 Å². The Morgan fingerprint density at radius 1 is 0.795 bits per heavy atom. The Bertz CT molecular complexity index is 1180. The van der Waals surface area contributed by atoms with Gasteiger partial charge in [0.25, 0.3) is 0 Å². The SMILES string of the molecule is [B]c1c2c(c([B])c(OC)c1OC)C1N(CC2)C([B])([B])C([B])(C([B])([B])C([B])(C([B])([B])[B])C([B])([B])[B])C(=O)C1([B])[B]. The summed E-state index contributed by atoms with van der Waals surface area (Å²) in [5.41, 5.74) is 0.801. The number of Topliss-reactive ketones (excluding diaryl/α,β-unsaturated/α-hetero) is 1. The smallest absolute Gasteiger partial charge is 0.153 e. The summed E-state index contributed by atoms with van der Waals surface area (Å²) in [5, 5.41) is -19.2. The molecule has 158 valence electrons. The molecule has 0 saturated carbocycles. The van der Waals surface area contributed by atoms with E-state index in [1.54, 1.807) is 0 Å². The van der Waals surface area contributed by atoms with Crippen molar-refractivity contribution in [3.05, 3.63) is 11.1 Å². The lowest BCUT2D eigenvalue weighted by Gasteiger charge is -2.77. The number of fused-ring (bicyclic) bond motifs is 3. The van der Waals surface area contributed by atoms with Gasteiger partial charge in [-0.2, -0.15) is 0 Å². The third kappa shape index (κ3) is 3.94. The van der Waals surface area contributed by atoms with Crippen molar-refractivity contribution in [1.82, 2.24) is 4.90 Å². The molecule has 0 spiro atoms. The zero-order valence-electron chi connectivity index (χ0n) is 21.9. The third-order valence-corrected chi connectivity index (χ3v) is 8.21. The van der Waals surface area contributed by atoms with Crippen molar-refractivity contribution in [2.45, 2.75) is 49.1 Å². The highest BCUT2D eigenvalue weighted by Crippen LogP contribution is 2.78. The van der Waals surface area contributed by atoms with Crippen LogP contribution in [0.3, 0.4) is 0 Å². The lowest BCUT2D eigenvalue weighted by atomic mass is 9.03. The summed E-state index contributed by atoms with van der Waals surface area (Å²) >= 11 is 0. The van der Waals surface area contributed by atoms with Gasteiger partial charge >= 0.3 is 0 Å². The molecule has 2 heterocycles. The molecule has 0 bridgehead atoms. The van der Waals surface area contributed by atoms with Gasteiger partial charge in [0.15, 0.2) is 11.5 Å². The number of rotatable bonds is 6. The van der Waals surface area contributed by atoms with Crippen molar-refractivity contribution < 1.29 is 14.3 Å². The highest BCUT2D eigenvalue weighted by molar-refractivity contribution is 6.74. The summed E-state index contributed by atoms with van der Waals surface area (Å²) in [6.45, 7) is -0.0577. The van der Waals surface area contributed by atoms with Crippen molar-refractivity contribution in [2.24, 2.45) is 0 Å². The van der Waals surface area contributed by atoms with Gasteiger partial charge in [-0.05, 0) is 44.3 Å². The lowest BCUT2D eigenvalue weighted by Crippen LogP contribution is -2.76. The van der Waals surface area contributed by atoms with Crippen LogP contribution >= 0.6 is 0 Å². The van der Waals surface area contributed by atoms with Gasteiger partial charge < -0.3 is 19.2 Å². The lowest BCUT2D eigenvalue weighted by molar-refractivity contribution is -0.133. The number of carbonyl (C=O) groups excluding carboxylic acids is 1. The first kappa shape index (κ1) is 33.0. The van der Waals surface area contributed by atoms with Gasteiger partial charge in [-0.15, -0.1) is 15.5 Å². The summed E-state index contributed by atoms with van der Waals surface area (Å²) in [6, 6.07) is -1.36. The number of hydrogen-bond donors (Lipinski definition) is 0. The standard InChI is InChI=1S/C19H11B16NO3/c1-38-9-7(20)5-3-4-36-11(6(5)8(21)10(9)39-2)13(22,23)12(37)14(24,19(36,34)35)16(26,27)15(25,17(28,29)30)18(31,32)33/h11H,3-4H2,1-2H3. The second-order valence-corrected chi connectivity index (χ2v) is 10.6. The Morgan fingerprint density at radius 3 is 1.64 bits per heavy atom. The summed E-state index contributed by atoms with van der Waals surface area (Å²) < 4.78 is 10.8. The minimum absolute atomic E-state index is 0.00337. The number of nitrogens with zero attached hydrogens (tertiary/aromatic N) is 1. The molecular formula is C19H11B16NO3. The van der Waals surface area contributed by atoms with Gasteiger partial charge in [-0.25, -0.2) is 0 Å². The third-order valence-electron chi connectivity index (χ3n) is 8.21. The fourth-order valence-corrected chi connectivity index (χ4v) is 6.01. The predicted molar refractivity (Wildman–Crippen MR) is 168 cm³/mol. The molecule has 3 rings (SSSR count). The van der Waals surface area contributed by atoms with Crippen LogP contribution in [0.1, 0.15) is 17.2 Å². The number of ketones is 1. The van der Waals surface area contributed by atoms with Crippen molar-refractivity contribution >= 4 is 142 Å². The summed E-state index contributed by atoms with van der Waals surface area (Å²) in [5.74, 6) is -1.10. The number of carbonyl (C=O) groups is 1. The number of methoxy groups -OCH3 is 2. The Morgan fingerprint density at radius 2 is 1.23 bits per heavy atom. The molecule has 0 amide bonds. The average Bonchev–Trinajstić information content (AvgIpc) is 2.80. The van der Waals surface area contributed by atoms with E-state index in [1.807, 2.05) is 0 Å². The van der Waals surface area contributed by atoms with Gasteiger partial charge in [-0.3, -0.25) is 0 Å². The number of benzene rings is 1. The van der Waals surface area contributed by atoms with Crippen molar-refractivity contribution in [3.8, 4) is 11.5 Å². The maximum atomic E-state index is 14.3. The molecule has 1 aromatic carbocycles. The van der Waals surface area contributed by atoms with Crippen molar-refractivity contribution in [3.63, 3.8) is 0 Å². The normalized spacial score (nSPS) is 25.3. The van der Waals surface area contributed by atoms with Crippen LogP contribution in [-0.2, 0) is 11.2 Å². The Labute approximate surface area is 253 Å². The molecule has 4 nitrogen and oxygen atoms in total. The summed E-state index contributed by atoms with van der Waals surface area (Å²) in [7, 11) is 103. The molecule has 2 unspecified atom stereocenters. The molecule has 1 fully saturated rings. The molecule has 1 aromatic rings. The topological polar surface area (TPSA) is 38.8 Å². The largest absolute Gasteiger partial charge is 0.494 e. The van der Waals surface area contributed by atoms with Crippen LogP contribution in [0.25, 0.3) is 0 Å². The average molecular weight is 474 g/mol. The van der Waals surface area contributed by atoms with Crippen LogP contribution in [0, 0.1) is 0 Å². The monoisotopic (exact) mass is 477 g/mol. The molecule has 32 radical (unpaired) electrons. The zero-order valence-corrected chi connectivity index (χ0v) is 21.9. The van der Waals surface area contributed by atoms with Crippen molar-refractivity contribution in [2.75, 3.05) is 20.8 Å². The maximum Gasteiger partial charge on any atom is 0.153 e. The van der Waals surface area contributed by atoms with E-state index in [1.165, 1.54) is 19.1 Å². The second kappa shape index (κ2) is 9.50. The number of hydrogen-bond acceptors (Lipinski definition) is 4. The minimum Gasteiger partial charge on any atom is -0.494 e. The summed E-state index contributed by atoms with van der Waals surface area (Å²) in [6.07, 6.45) is 0.137. The van der Waals surface area contributed by atoms with Crippen LogP contribution in [0.15, 0.2) is 0 Å². The molecule has 0 N–H and O–H groups in total. The van der Waals surface area contributed by atoms with E-state index in [2.05, 4.69) is 0 Å². The highest BCUT2D eigenvalue weighted by atomic mass is 16.5. The van der Waals surface area contributed by atoms with Gasteiger partial charge in [-0.1, -0.05) is 5.21 Å². The number of ether oxygens (including phenoxy) is 2. The maximum absolute atomic E-state index is 14.3. The molecule has 2 aliphatic rings.